The molecule has 2 aromatic rings. The molecule has 3 fully saturated rings. The molecule has 2 aromatic heterocycles. The number of hydrogen-bond acceptors (Lipinski definition) is 6. The van der Waals surface area contributed by atoms with E-state index in [0.717, 1.165) is 36.2 Å². The number of hydrogen-bond donors (Lipinski definition) is 3. The maximum Gasteiger partial charge on any atom is 0.250 e. The maximum atomic E-state index is 14.2. The van der Waals surface area contributed by atoms with E-state index < -0.39 is 17.7 Å². The van der Waals surface area contributed by atoms with E-state index in [-0.39, 0.29) is 29.7 Å². The van der Waals surface area contributed by atoms with E-state index in [9.17, 15) is 19.1 Å². The van der Waals surface area contributed by atoms with Crippen molar-refractivity contribution in [2.75, 3.05) is 38.1 Å². The van der Waals surface area contributed by atoms with E-state index in [1.54, 1.807) is 19.5 Å². The van der Waals surface area contributed by atoms with Crippen LogP contribution in [0.15, 0.2) is 31.2 Å². The Morgan fingerprint density at radius 2 is 2.19 bits per heavy atom. The molecule has 1 spiro atoms. The number of nitrogens with one attached hydrogen (secondary N) is 2. The molecule has 3 aliphatic rings. The number of aliphatic hydroxyl groups excluding tert-OH is 1. The number of piperidine rings is 1. The number of anilines is 1. The van der Waals surface area contributed by atoms with Crippen molar-refractivity contribution < 1.29 is 19.1 Å². The van der Waals surface area contributed by atoms with E-state index in [2.05, 4.69) is 31.7 Å². The minimum Gasteiger partial charge on any atom is -0.381 e. The third-order valence-electron chi connectivity index (χ3n) is 8.27. The summed E-state index contributed by atoms with van der Waals surface area (Å²) >= 11 is 0. The van der Waals surface area contributed by atoms with Crippen LogP contribution in [-0.4, -0.2) is 81.8 Å². The summed E-state index contributed by atoms with van der Waals surface area (Å²) < 4.78 is 14.2. The average molecular weight is 499 g/mol. The standard InChI is InChI=1S/C26H35FN6O3/c1-3-6-26(27)11-17(12-26)13-29-23(35)20(34)14-32(2)24(36)19-5-10-33(15-25(19)7-8-25)22-18-4-9-28-21(18)30-16-31-22/h3-4,9,16-17,19-20,34H,1,5-8,10-15H2,2H3,(H,29,35)(H,28,30,31)/t17?,19-,20-,26?/m0/s1. The molecule has 2 amide bonds. The Kier molecular flexibility index (Phi) is 6.48. The fourth-order valence-electron chi connectivity index (χ4n) is 6.11. The molecule has 9 nitrogen and oxygen atoms in total. The molecule has 194 valence electrons. The van der Waals surface area contributed by atoms with Gasteiger partial charge in [0, 0.05) is 38.8 Å². The first kappa shape index (κ1) is 24.7. The predicted molar refractivity (Wildman–Crippen MR) is 134 cm³/mol. The SMILES string of the molecule is C=CCC1(F)CC(CNC(=O)[C@@H](O)CN(C)C(=O)[C@@H]2CCN(c3ncnc4[nH]ccc34)CC23CC3)C1. The van der Waals surface area contributed by atoms with E-state index in [1.165, 1.54) is 4.90 Å². The molecular weight excluding hydrogens is 463 g/mol. The Labute approximate surface area is 210 Å². The summed E-state index contributed by atoms with van der Waals surface area (Å²) in [5, 5.41) is 14.1. The predicted octanol–water partition coefficient (Wildman–Crippen LogP) is 2.19. The van der Waals surface area contributed by atoms with Gasteiger partial charge in [0.25, 0.3) is 5.91 Å². The number of likely N-dealkylation sites (N-methyl/N-ethyl adjacent to an activating group) is 1. The number of rotatable bonds is 9. The van der Waals surface area contributed by atoms with Crippen LogP contribution in [0.4, 0.5) is 10.2 Å². The van der Waals surface area contributed by atoms with Gasteiger partial charge in [-0.25, -0.2) is 14.4 Å². The van der Waals surface area contributed by atoms with Crippen LogP contribution >= 0.6 is 0 Å². The van der Waals surface area contributed by atoms with Crippen molar-refractivity contribution in [2.24, 2.45) is 17.3 Å². The number of aliphatic hydroxyl groups is 1. The third kappa shape index (κ3) is 4.70. The Bertz CT molecular complexity index is 1140. The number of carbonyl (C=O) groups is 2. The minimum atomic E-state index is -1.32. The van der Waals surface area contributed by atoms with Gasteiger partial charge in [-0.05, 0) is 55.9 Å². The minimum absolute atomic E-state index is 0.0286. The highest BCUT2D eigenvalue weighted by atomic mass is 19.1. The monoisotopic (exact) mass is 498 g/mol. The van der Waals surface area contributed by atoms with Gasteiger partial charge in [-0.3, -0.25) is 9.59 Å². The van der Waals surface area contributed by atoms with Gasteiger partial charge in [-0.2, -0.15) is 0 Å². The van der Waals surface area contributed by atoms with Crippen molar-refractivity contribution in [3.63, 3.8) is 0 Å². The van der Waals surface area contributed by atoms with E-state index in [0.29, 0.717) is 38.8 Å². The van der Waals surface area contributed by atoms with Crippen molar-refractivity contribution >= 4 is 28.7 Å². The van der Waals surface area contributed by atoms with Gasteiger partial charge in [0.15, 0.2) is 0 Å². The topological polar surface area (TPSA) is 114 Å². The summed E-state index contributed by atoms with van der Waals surface area (Å²) in [4.78, 5) is 41.4. The smallest absolute Gasteiger partial charge is 0.250 e. The zero-order valence-corrected chi connectivity index (χ0v) is 20.8. The number of fused-ring (bicyclic) bond motifs is 1. The molecule has 0 bridgehead atoms. The number of halogens is 1. The van der Waals surface area contributed by atoms with Crippen molar-refractivity contribution in [1.82, 2.24) is 25.2 Å². The van der Waals surface area contributed by atoms with Gasteiger partial charge < -0.3 is 25.2 Å². The fraction of sp³-hybridized carbons (Fsp3) is 0.615. The molecule has 0 aromatic carbocycles. The van der Waals surface area contributed by atoms with Crippen LogP contribution in [0.5, 0.6) is 0 Å². The lowest BCUT2D eigenvalue weighted by Crippen LogP contribution is -2.51. The number of allylic oxidation sites excluding steroid dienone is 1. The number of nitrogens with zero attached hydrogens (tertiary/aromatic N) is 4. The Hall–Kier alpha value is -3.01. The number of alkyl halides is 1. The molecule has 0 unspecified atom stereocenters. The first-order valence-electron chi connectivity index (χ1n) is 12.8. The van der Waals surface area contributed by atoms with Crippen molar-refractivity contribution in [1.29, 1.82) is 0 Å². The molecule has 5 rings (SSSR count). The van der Waals surface area contributed by atoms with Crippen LogP contribution in [0.3, 0.4) is 0 Å². The van der Waals surface area contributed by atoms with E-state index >= 15 is 0 Å². The highest BCUT2D eigenvalue weighted by molar-refractivity contribution is 5.88. The zero-order chi connectivity index (χ0) is 25.5. The van der Waals surface area contributed by atoms with Crippen LogP contribution in [0.1, 0.15) is 38.5 Å². The van der Waals surface area contributed by atoms with Crippen LogP contribution < -0.4 is 10.2 Å². The first-order valence-corrected chi connectivity index (χ1v) is 12.8. The lowest BCUT2D eigenvalue weighted by atomic mass is 9.70. The fourth-order valence-corrected chi connectivity index (χ4v) is 6.11. The highest BCUT2D eigenvalue weighted by Crippen LogP contribution is 2.56. The summed E-state index contributed by atoms with van der Waals surface area (Å²) in [5.41, 5.74) is -0.510. The molecule has 2 aliphatic carbocycles. The third-order valence-corrected chi connectivity index (χ3v) is 8.27. The van der Waals surface area contributed by atoms with Gasteiger partial charge in [-0.1, -0.05) is 6.08 Å². The molecule has 36 heavy (non-hydrogen) atoms. The molecule has 2 saturated carbocycles. The van der Waals surface area contributed by atoms with Crippen molar-refractivity contribution in [2.45, 2.75) is 50.3 Å². The van der Waals surface area contributed by atoms with Gasteiger partial charge in [0.2, 0.25) is 5.91 Å². The van der Waals surface area contributed by atoms with Gasteiger partial charge in [0.1, 0.15) is 29.6 Å². The summed E-state index contributed by atoms with van der Waals surface area (Å²) in [6.45, 7) is 5.30. The zero-order valence-electron chi connectivity index (χ0n) is 20.8. The lowest BCUT2D eigenvalue weighted by molar-refractivity contribution is -0.140. The van der Waals surface area contributed by atoms with Crippen LogP contribution in [0.25, 0.3) is 11.0 Å². The summed E-state index contributed by atoms with van der Waals surface area (Å²) in [6.07, 6.45) is 7.42. The second-order valence-electron chi connectivity index (χ2n) is 11.0. The maximum absolute atomic E-state index is 14.2. The van der Waals surface area contributed by atoms with Gasteiger partial charge >= 0.3 is 0 Å². The van der Waals surface area contributed by atoms with Crippen molar-refractivity contribution in [3.05, 3.63) is 31.2 Å². The Morgan fingerprint density at radius 3 is 2.92 bits per heavy atom. The Balaban J connectivity index is 1.13. The molecule has 3 N–H and O–H groups in total. The molecule has 1 saturated heterocycles. The Morgan fingerprint density at radius 1 is 1.42 bits per heavy atom. The van der Waals surface area contributed by atoms with E-state index in [1.807, 2.05) is 12.3 Å². The largest absolute Gasteiger partial charge is 0.381 e. The second kappa shape index (κ2) is 9.46. The number of H-pyrrole nitrogens is 1. The molecular formula is C26H35FN6O3. The summed E-state index contributed by atoms with van der Waals surface area (Å²) in [6, 6.07) is 1.97. The molecule has 1 aliphatic heterocycles. The number of aromatic amines is 1. The number of amides is 2. The summed E-state index contributed by atoms with van der Waals surface area (Å²) in [7, 11) is 1.65. The molecule has 2 atom stereocenters. The van der Waals surface area contributed by atoms with Gasteiger partial charge in [0.05, 0.1) is 11.9 Å². The molecule has 10 heteroatoms. The first-order chi connectivity index (χ1) is 17.2. The number of carbonyl (C=O) groups excluding carboxylic acids is 2. The summed E-state index contributed by atoms with van der Waals surface area (Å²) in [5.74, 6) is 0.256. The normalized spacial score (nSPS) is 27.4. The van der Waals surface area contributed by atoms with Crippen LogP contribution in [0, 0.1) is 17.3 Å². The lowest BCUT2D eigenvalue weighted by Gasteiger charge is -2.41. The van der Waals surface area contributed by atoms with E-state index in [4.69, 9.17) is 0 Å². The van der Waals surface area contributed by atoms with Crippen molar-refractivity contribution in [3.8, 4) is 0 Å². The van der Waals surface area contributed by atoms with Crippen LogP contribution in [-0.2, 0) is 9.59 Å². The molecule has 3 heterocycles. The highest BCUT2D eigenvalue weighted by Gasteiger charge is 2.56. The average Bonchev–Trinajstić information content (AvgIpc) is 3.41. The quantitative estimate of drug-likeness (QED) is 0.457. The number of aromatic nitrogens is 3. The van der Waals surface area contributed by atoms with Crippen LogP contribution in [0.2, 0.25) is 0 Å². The van der Waals surface area contributed by atoms with Gasteiger partial charge in [-0.15, -0.1) is 6.58 Å². The second-order valence-corrected chi connectivity index (χ2v) is 11.0. The molecule has 0 radical (unpaired) electrons.